The van der Waals surface area contributed by atoms with Gasteiger partial charge < -0.3 is 4.74 Å². The third-order valence-corrected chi connectivity index (χ3v) is 5.36. The van der Waals surface area contributed by atoms with Gasteiger partial charge in [0.15, 0.2) is 0 Å². The fourth-order valence-electron chi connectivity index (χ4n) is 4.00. The Balaban J connectivity index is 1.85. The molecule has 24 heavy (non-hydrogen) atoms. The van der Waals surface area contributed by atoms with Gasteiger partial charge in [-0.15, -0.1) is 0 Å². The first-order valence-corrected chi connectivity index (χ1v) is 7.75. The van der Waals surface area contributed by atoms with E-state index in [-0.39, 0.29) is 11.4 Å². The van der Waals surface area contributed by atoms with Gasteiger partial charge in [-0.1, -0.05) is 12.2 Å². The first-order valence-electron chi connectivity index (χ1n) is 7.75. The van der Waals surface area contributed by atoms with E-state index < -0.39 is 40.3 Å². The summed E-state index contributed by atoms with van der Waals surface area (Å²) in [4.78, 5) is 37.7. The molecule has 0 aromatic heterocycles. The molecule has 2 fully saturated rings. The van der Waals surface area contributed by atoms with E-state index in [0.717, 1.165) is 16.0 Å². The summed E-state index contributed by atoms with van der Waals surface area (Å²) < 4.78 is 5.76. The van der Waals surface area contributed by atoms with Crippen molar-refractivity contribution in [2.45, 2.75) is 32.5 Å². The maximum Gasteiger partial charge on any atom is 0.293 e. The quantitative estimate of drug-likeness (QED) is 0.359. The van der Waals surface area contributed by atoms with Gasteiger partial charge in [0.25, 0.3) is 5.69 Å². The number of amides is 2. The number of rotatable bonds is 2. The van der Waals surface area contributed by atoms with Crippen LogP contribution in [0.2, 0.25) is 0 Å². The van der Waals surface area contributed by atoms with Crippen molar-refractivity contribution < 1.29 is 19.2 Å². The van der Waals surface area contributed by atoms with Crippen LogP contribution in [-0.2, 0) is 14.3 Å². The van der Waals surface area contributed by atoms with Gasteiger partial charge in [0.05, 0.1) is 28.5 Å². The van der Waals surface area contributed by atoms with Crippen molar-refractivity contribution in [3.63, 3.8) is 0 Å². The molecular formula is C17H16N2O5. The zero-order chi connectivity index (χ0) is 17.4. The van der Waals surface area contributed by atoms with Gasteiger partial charge >= 0.3 is 0 Å². The summed E-state index contributed by atoms with van der Waals surface area (Å²) >= 11 is 0. The number of fused-ring (bicyclic) bond motifs is 5. The molecule has 3 aliphatic heterocycles. The van der Waals surface area contributed by atoms with E-state index in [2.05, 4.69) is 0 Å². The molecule has 2 saturated heterocycles. The van der Waals surface area contributed by atoms with Crippen LogP contribution in [0.25, 0.3) is 0 Å². The first-order chi connectivity index (χ1) is 11.2. The van der Waals surface area contributed by atoms with E-state index in [4.69, 9.17) is 4.74 Å². The molecule has 1 aromatic rings. The Kier molecular flexibility index (Phi) is 2.82. The highest BCUT2D eigenvalue weighted by molar-refractivity contribution is 6.24. The molecule has 124 valence electrons. The molecule has 0 radical (unpaired) electrons. The van der Waals surface area contributed by atoms with E-state index >= 15 is 0 Å². The molecule has 1 aromatic carbocycles. The van der Waals surface area contributed by atoms with Gasteiger partial charge in [0.1, 0.15) is 5.69 Å². The van der Waals surface area contributed by atoms with Crippen molar-refractivity contribution in [1.29, 1.82) is 0 Å². The lowest BCUT2D eigenvalue weighted by molar-refractivity contribution is -0.384. The highest BCUT2D eigenvalue weighted by Gasteiger charge is 2.66. The lowest BCUT2D eigenvalue weighted by atomic mass is 9.78. The van der Waals surface area contributed by atoms with Crippen LogP contribution in [-0.4, -0.2) is 28.4 Å². The molecular weight excluding hydrogens is 312 g/mol. The van der Waals surface area contributed by atoms with Crippen LogP contribution in [0.3, 0.4) is 0 Å². The summed E-state index contributed by atoms with van der Waals surface area (Å²) in [6.45, 7) is 5.33. The highest BCUT2D eigenvalue weighted by Crippen LogP contribution is 2.53. The summed E-state index contributed by atoms with van der Waals surface area (Å²) in [5.74, 6) is -2.07. The second kappa shape index (κ2) is 4.51. The lowest BCUT2D eigenvalue weighted by Gasteiger charge is -2.24. The van der Waals surface area contributed by atoms with E-state index in [1.54, 1.807) is 32.9 Å². The fourth-order valence-corrected chi connectivity index (χ4v) is 4.00. The van der Waals surface area contributed by atoms with Crippen molar-refractivity contribution in [2.75, 3.05) is 4.90 Å². The molecule has 0 aliphatic carbocycles. The number of carbonyl (C=O) groups is 2. The minimum absolute atomic E-state index is 0.0514. The average molecular weight is 328 g/mol. The van der Waals surface area contributed by atoms with Crippen molar-refractivity contribution >= 4 is 23.2 Å². The van der Waals surface area contributed by atoms with E-state index in [1.807, 2.05) is 6.08 Å². The molecule has 0 saturated carbocycles. The third-order valence-electron chi connectivity index (χ3n) is 5.36. The average Bonchev–Trinajstić information content (AvgIpc) is 3.11. The first kappa shape index (κ1) is 15.0. The molecule has 7 nitrogen and oxygen atoms in total. The second-order valence-electron chi connectivity index (χ2n) is 6.82. The number of carbonyl (C=O) groups excluding carboxylic acids is 2. The largest absolute Gasteiger partial charge is 0.362 e. The predicted molar refractivity (Wildman–Crippen MR) is 84.5 cm³/mol. The zero-order valence-electron chi connectivity index (χ0n) is 13.5. The number of nitro benzene ring substituents is 1. The predicted octanol–water partition coefficient (Wildman–Crippen LogP) is 2.04. The van der Waals surface area contributed by atoms with E-state index in [9.17, 15) is 19.7 Å². The Morgan fingerprint density at radius 2 is 1.88 bits per heavy atom. The minimum atomic E-state index is -0.814. The Bertz CT molecular complexity index is 846. The van der Waals surface area contributed by atoms with Crippen LogP contribution >= 0.6 is 0 Å². The second-order valence-corrected chi connectivity index (χ2v) is 6.82. The van der Waals surface area contributed by atoms with Crippen LogP contribution < -0.4 is 4.90 Å². The smallest absolute Gasteiger partial charge is 0.293 e. The maximum absolute atomic E-state index is 12.9. The molecule has 2 bridgehead atoms. The fraction of sp³-hybridized carbons (Fsp3) is 0.412. The molecule has 2 amide bonds. The van der Waals surface area contributed by atoms with Gasteiger partial charge in [-0.05, 0) is 38.0 Å². The normalized spacial score (nSPS) is 33.5. The Hall–Kier alpha value is -2.54. The van der Waals surface area contributed by atoms with Crippen molar-refractivity contribution in [3.8, 4) is 0 Å². The molecule has 0 spiro atoms. The van der Waals surface area contributed by atoms with Crippen molar-refractivity contribution in [1.82, 2.24) is 0 Å². The summed E-state index contributed by atoms with van der Waals surface area (Å²) in [5, 5.41) is 11.4. The van der Waals surface area contributed by atoms with Gasteiger partial charge in [0, 0.05) is 6.07 Å². The van der Waals surface area contributed by atoms with Gasteiger partial charge in [0.2, 0.25) is 11.8 Å². The zero-order valence-corrected chi connectivity index (χ0v) is 13.5. The number of aryl methyl sites for hydroxylation is 2. The number of hydrogen-bond donors (Lipinski definition) is 0. The number of nitro groups is 1. The number of ether oxygens (including phenoxy) is 1. The molecule has 4 atom stereocenters. The van der Waals surface area contributed by atoms with E-state index in [0.29, 0.717) is 0 Å². The van der Waals surface area contributed by atoms with Crippen LogP contribution in [0.15, 0.2) is 24.3 Å². The van der Waals surface area contributed by atoms with Crippen LogP contribution in [0.1, 0.15) is 18.1 Å². The standard InChI is InChI=1S/C17H16N2O5/c1-8-6-10(11(19(22)23)7-9(8)2)18-15(20)13-12-4-5-17(3,24-12)14(13)16(18)21/h4-7,12-14H,1-3H3/t12-,13+,14+,17+/m1/s1. The highest BCUT2D eigenvalue weighted by atomic mass is 16.6. The summed E-state index contributed by atoms with van der Waals surface area (Å²) in [5.41, 5.74) is 0.533. The summed E-state index contributed by atoms with van der Waals surface area (Å²) in [6, 6.07) is 2.95. The topological polar surface area (TPSA) is 89.8 Å². The summed E-state index contributed by atoms with van der Waals surface area (Å²) in [7, 11) is 0. The summed E-state index contributed by atoms with van der Waals surface area (Å²) in [6.07, 6.45) is 3.17. The van der Waals surface area contributed by atoms with Crippen LogP contribution in [0.5, 0.6) is 0 Å². The number of nitrogens with zero attached hydrogens (tertiary/aromatic N) is 2. The monoisotopic (exact) mass is 328 g/mol. The Labute approximate surface area is 138 Å². The van der Waals surface area contributed by atoms with E-state index in [1.165, 1.54) is 6.07 Å². The SMILES string of the molecule is Cc1cc(N2C(=O)[C@@H]3[C@@H](C2=O)[C@]2(C)C=C[C@H]3O2)c([N+](=O)[O-])cc1C. The number of benzene rings is 1. The molecule has 4 rings (SSSR count). The van der Waals surface area contributed by atoms with Crippen LogP contribution in [0, 0.1) is 35.8 Å². The number of imide groups is 1. The Morgan fingerprint density at radius 3 is 2.50 bits per heavy atom. The molecule has 0 N–H and O–H groups in total. The van der Waals surface area contributed by atoms with Gasteiger partial charge in [-0.3, -0.25) is 19.7 Å². The minimum Gasteiger partial charge on any atom is -0.362 e. The third kappa shape index (κ3) is 1.70. The number of anilines is 1. The Morgan fingerprint density at radius 1 is 1.21 bits per heavy atom. The van der Waals surface area contributed by atoms with Crippen LogP contribution in [0.4, 0.5) is 11.4 Å². The number of hydrogen-bond acceptors (Lipinski definition) is 5. The molecule has 3 aliphatic rings. The maximum atomic E-state index is 12.9. The lowest BCUT2D eigenvalue weighted by Crippen LogP contribution is -2.38. The van der Waals surface area contributed by atoms with Gasteiger partial charge in [-0.2, -0.15) is 0 Å². The van der Waals surface area contributed by atoms with Gasteiger partial charge in [-0.25, -0.2) is 4.90 Å². The molecule has 0 unspecified atom stereocenters. The molecule has 7 heteroatoms. The van der Waals surface area contributed by atoms with Crippen molar-refractivity contribution in [3.05, 3.63) is 45.5 Å². The molecule has 3 heterocycles. The van der Waals surface area contributed by atoms with Crippen molar-refractivity contribution in [2.24, 2.45) is 11.8 Å².